The van der Waals surface area contributed by atoms with Gasteiger partial charge in [-0.15, -0.1) is 0 Å². The minimum Gasteiger partial charge on any atom is -0.493 e. The Morgan fingerprint density at radius 2 is 2.04 bits per heavy atom. The molecular weight excluding hydrogens is 389 g/mol. The fourth-order valence-electron chi connectivity index (χ4n) is 2.28. The number of carbonyl (C=O) groups is 1. The summed E-state index contributed by atoms with van der Waals surface area (Å²) in [5, 5.41) is 0. The van der Waals surface area contributed by atoms with Gasteiger partial charge in [-0.05, 0) is 36.4 Å². The predicted octanol–water partition coefficient (Wildman–Crippen LogP) is 4.43. The van der Waals surface area contributed by atoms with Gasteiger partial charge in [-0.25, -0.2) is 4.39 Å². The van der Waals surface area contributed by atoms with Gasteiger partial charge in [0.25, 0.3) is 5.91 Å². The van der Waals surface area contributed by atoms with Crippen LogP contribution in [0.2, 0.25) is 0 Å². The standard InChI is InChI=1S/C19H19BrFNO3/c1-4-9-25-17-8-5-13(11-18(17)24-3)19(23)22(2)12-14-10-15(20)6-7-16(14)21/h4-8,10-11H,1,9,12H2,2-3H3. The lowest BCUT2D eigenvalue weighted by atomic mass is 10.1. The van der Waals surface area contributed by atoms with Crippen molar-refractivity contribution in [2.24, 2.45) is 0 Å². The molecule has 0 radical (unpaired) electrons. The van der Waals surface area contributed by atoms with E-state index in [4.69, 9.17) is 9.47 Å². The molecule has 0 N–H and O–H groups in total. The monoisotopic (exact) mass is 407 g/mol. The third kappa shape index (κ3) is 4.82. The highest BCUT2D eigenvalue weighted by Crippen LogP contribution is 2.28. The van der Waals surface area contributed by atoms with Crippen molar-refractivity contribution in [3.8, 4) is 11.5 Å². The molecule has 0 atom stereocenters. The molecule has 0 aliphatic heterocycles. The molecule has 1 amide bonds. The first-order valence-corrected chi connectivity index (χ1v) is 8.36. The minimum atomic E-state index is -0.353. The summed E-state index contributed by atoms with van der Waals surface area (Å²) in [5.74, 6) is 0.385. The average Bonchev–Trinajstić information content (AvgIpc) is 2.62. The number of ether oxygens (including phenoxy) is 2. The van der Waals surface area contributed by atoms with Crippen molar-refractivity contribution in [1.82, 2.24) is 4.90 Å². The van der Waals surface area contributed by atoms with E-state index in [0.717, 1.165) is 4.47 Å². The summed E-state index contributed by atoms with van der Waals surface area (Å²) in [6, 6.07) is 9.57. The molecule has 0 heterocycles. The zero-order chi connectivity index (χ0) is 18.4. The van der Waals surface area contributed by atoms with Crippen LogP contribution in [0.25, 0.3) is 0 Å². The van der Waals surface area contributed by atoms with Crippen LogP contribution in [0.3, 0.4) is 0 Å². The maximum absolute atomic E-state index is 13.9. The number of amides is 1. The molecule has 0 aromatic heterocycles. The van der Waals surface area contributed by atoms with Crippen LogP contribution in [0, 0.1) is 5.82 Å². The number of nitrogens with zero attached hydrogens (tertiary/aromatic N) is 1. The zero-order valence-electron chi connectivity index (χ0n) is 14.1. The summed E-state index contributed by atoms with van der Waals surface area (Å²) in [6.07, 6.45) is 1.62. The van der Waals surface area contributed by atoms with Crippen molar-refractivity contribution in [3.63, 3.8) is 0 Å². The summed E-state index contributed by atoms with van der Waals surface area (Å²) in [6.45, 7) is 4.09. The van der Waals surface area contributed by atoms with Gasteiger partial charge < -0.3 is 14.4 Å². The molecule has 0 aliphatic carbocycles. The van der Waals surface area contributed by atoms with E-state index in [1.807, 2.05) is 0 Å². The summed E-state index contributed by atoms with van der Waals surface area (Å²) < 4.78 is 25.4. The van der Waals surface area contributed by atoms with Gasteiger partial charge in [0.2, 0.25) is 0 Å². The van der Waals surface area contributed by atoms with Crippen LogP contribution in [0.1, 0.15) is 15.9 Å². The molecule has 2 rings (SSSR count). The second-order valence-electron chi connectivity index (χ2n) is 5.36. The third-order valence-electron chi connectivity index (χ3n) is 3.53. The maximum atomic E-state index is 13.9. The Morgan fingerprint density at radius 3 is 2.72 bits per heavy atom. The molecule has 0 unspecified atom stereocenters. The molecule has 0 spiro atoms. The Hall–Kier alpha value is -2.34. The van der Waals surface area contributed by atoms with Gasteiger partial charge >= 0.3 is 0 Å². The van der Waals surface area contributed by atoms with Crippen LogP contribution in [-0.4, -0.2) is 31.6 Å². The molecule has 6 heteroatoms. The average molecular weight is 408 g/mol. The highest BCUT2D eigenvalue weighted by Gasteiger charge is 2.16. The number of rotatable bonds is 7. The second-order valence-corrected chi connectivity index (χ2v) is 6.28. The van der Waals surface area contributed by atoms with Gasteiger partial charge in [0.1, 0.15) is 12.4 Å². The second kappa shape index (κ2) is 8.67. The van der Waals surface area contributed by atoms with Crippen LogP contribution >= 0.6 is 15.9 Å². The molecule has 25 heavy (non-hydrogen) atoms. The number of carbonyl (C=O) groups excluding carboxylic acids is 1. The van der Waals surface area contributed by atoms with Crippen molar-refractivity contribution >= 4 is 21.8 Å². The molecule has 0 saturated heterocycles. The van der Waals surface area contributed by atoms with Gasteiger partial charge in [-0.3, -0.25) is 4.79 Å². The van der Waals surface area contributed by atoms with Gasteiger partial charge in [-0.1, -0.05) is 28.6 Å². The first-order chi connectivity index (χ1) is 12.0. The lowest BCUT2D eigenvalue weighted by Crippen LogP contribution is -2.26. The highest BCUT2D eigenvalue weighted by atomic mass is 79.9. The SMILES string of the molecule is C=CCOc1ccc(C(=O)N(C)Cc2cc(Br)ccc2F)cc1OC. The Kier molecular flexibility index (Phi) is 6.58. The van der Waals surface area contributed by atoms with Crippen molar-refractivity contribution in [1.29, 1.82) is 0 Å². The Morgan fingerprint density at radius 1 is 1.28 bits per heavy atom. The molecule has 0 aliphatic rings. The van der Waals surface area contributed by atoms with Crippen LogP contribution in [0.4, 0.5) is 4.39 Å². The van der Waals surface area contributed by atoms with Crippen LogP contribution in [0.5, 0.6) is 11.5 Å². The van der Waals surface area contributed by atoms with E-state index in [2.05, 4.69) is 22.5 Å². The normalized spacial score (nSPS) is 10.2. The lowest BCUT2D eigenvalue weighted by molar-refractivity contribution is 0.0783. The molecule has 0 fully saturated rings. The van der Waals surface area contributed by atoms with Gasteiger partial charge in [0.05, 0.1) is 7.11 Å². The molecule has 4 nitrogen and oxygen atoms in total. The first kappa shape index (κ1) is 19.0. The molecule has 2 aromatic rings. The zero-order valence-corrected chi connectivity index (χ0v) is 15.7. The number of methoxy groups -OCH3 is 1. The first-order valence-electron chi connectivity index (χ1n) is 7.57. The van der Waals surface area contributed by atoms with Crippen molar-refractivity contribution in [2.45, 2.75) is 6.54 Å². The van der Waals surface area contributed by atoms with E-state index in [-0.39, 0.29) is 18.3 Å². The van der Waals surface area contributed by atoms with E-state index in [1.54, 1.807) is 43.5 Å². The molecule has 2 aromatic carbocycles. The topological polar surface area (TPSA) is 38.8 Å². The molecule has 132 valence electrons. The molecule has 0 bridgehead atoms. The van der Waals surface area contributed by atoms with E-state index >= 15 is 0 Å². The number of benzene rings is 2. The predicted molar refractivity (Wildman–Crippen MR) is 98.6 cm³/mol. The number of hydrogen-bond acceptors (Lipinski definition) is 3. The fraction of sp³-hybridized carbons (Fsp3) is 0.211. The smallest absolute Gasteiger partial charge is 0.254 e. The maximum Gasteiger partial charge on any atom is 0.254 e. The molecular formula is C19H19BrFNO3. The summed E-state index contributed by atoms with van der Waals surface area (Å²) in [7, 11) is 3.13. The quantitative estimate of drug-likeness (QED) is 0.637. The van der Waals surface area contributed by atoms with Crippen molar-refractivity contribution in [3.05, 3.63) is 70.5 Å². The number of hydrogen-bond donors (Lipinski definition) is 0. The largest absolute Gasteiger partial charge is 0.493 e. The van der Waals surface area contributed by atoms with E-state index in [9.17, 15) is 9.18 Å². The lowest BCUT2D eigenvalue weighted by Gasteiger charge is -2.19. The number of halogens is 2. The highest BCUT2D eigenvalue weighted by molar-refractivity contribution is 9.10. The summed E-state index contributed by atoms with van der Waals surface area (Å²) in [5.41, 5.74) is 0.865. The van der Waals surface area contributed by atoms with Gasteiger partial charge in [0, 0.05) is 29.2 Å². The van der Waals surface area contributed by atoms with Crippen LogP contribution < -0.4 is 9.47 Å². The van der Waals surface area contributed by atoms with E-state index < -0.39 is 0 Å². The fourth-order valence-corrected chi connectivity index (χ4v) is 2.69. The summed E-state index contributed by atoms with van der Waals surface area (Å²) >= 11 is 3.31. The summed E-state index contributed by atoms with van der Waals surface area (Å²) in [4.78, 5) is 14.1. The van der Waals surface area contributed by atoms with Crippen LogP contribution in [0.15, 0.2) is 53.5 Å². The Labute approximate surface area is 155 Å². The third-order valence-corrected chi connectivity index (χ3v) is 4.02. The van der Waals surface area contributed by atoms with Crippen molar-refractivity contribution < 1.29 is 18.7 Å². The Bertz CT molecular complexity index is 779. The molecule has 0 saturated carbocycles. The van der Waals surface area contributed by atoms with Gasteiger partial charge in [-0.2, -0.15) is 0 Å². The van der Waals surface area contributed by atoms with Crippen LogP contribution in [-0.2, 0) is 6.54 Å². The minimum absolute atomic E-state index is 0.154. The van der Waals surface area contributed by atoms with Gasteiger partial charge in [0.15, 0.2) is 11.5 Å². The van der Waals surface area contributed by atoms with Crippen molar-refractivity contribution in [2.75, 3.05) is 20.8 Å². The van der Waals surface area contributed by atoms with E-state index in [0.29, 0.717) is 29.2 Å². The van der Waals surface area contributed by atoms with E-state index in [1.165, 1.54) is 18.1 Å². The Balaban J connectivity index is 2.18.